The first-order valence-corrected chi connectivity index (χ1v) is 3.52. The van der Waals surface area contributed by atoms with E-state index in [2.05, 4.69) is 0 Å². The number of carbonyl (C=O) groups is 1. The molecule has 0 atom stereocenters. The molecule has 0 aliphatic rings. The van der Waals surface area contributed by atoms with Gasteiger partial charge < -0.3 is 9.90 Å². The fourth-order valence-electron chi connectivity index (χ4n) is 0.672. The molecule has 0 unspecified atom stereocenters. The number of rotatable bonds is 1. The van der Waals surface area contributed by atoms with E-state index in [0.29, 0.717) is 0 Å². The third kappa shape index (κ3) is 2.10. The van der Waals surface area contributed by atoms with Crippen molar-refractivity contribution in [1.82, 2.24) is 0 Å². The topological polar surface area (TPSA) is 40.1 Å². The Morgan fingerprint density at radius 3 is 2.00 bits per heavy atom. The van der Waals surface area contributed by atoms with Crippen LogP contribution >= 0.6 is 23.2 Å². The maximum Gasteiger partial charge on any atom is 0.0716 e. The largest absolute Gasteiger partial charge is 0.545 e. The van der Waals surface area contributed by atoms with Crippen LogP contribution in [0.2, 0.25) is 10.0 Å². The molecule has 0 aliphatic carbocycles. The zero-order valence-corrected chi connectivity index (χ0v) is 6.82. The molecule has 0 N–H and O–H groups in total. The lowest BCUT2D eigenvalue weighted by molar-refractivity contribution is -0.255. The van der Waals surface area contributed by atoms with Crippen molar-refractivity contribution in [2.75, 3.05) is 0 Å². The minimum absolute atomic E-state index is 0.0116. The molecule has 0 heterocycles. The zero-order chi connectivity index (χ0) is 8.43. The second-order valence-electron chi connectivity index (χ2n) is 1.95. The van der Waals surface area contributed by atoms with Crippen molar-refractivity contribution >= 4 is 29.2 Å². The number of carboxylic acids is 1. The SMILES string of the molecule is O=C([O-])c1cc(Cl)cc(Cl)c1. The highest BCUT2D eigenvalue weighted by Crippen LogP contribution is 2.18. The van der Waals surface area contributed by atoms with Gasteiger partial charge in [-0.1, -0.05) is 23.2 Å². The van der Waals surface area contributed by atoms with Gasteiger partial charge in [-0.05, 0) is 18.2 Å². The summed E-state index contributed by atoms with van der Waals surface area (Å²) in [5, 5.41) is 10.9. The molecule has 1 rings (SSSR count). The van der Waals surface area contributed by atoms with Crippen LogP contribution in [-0.2, 0) is 0 Å². The Kier molecular flexibility index (Phi) is 2.37. The van der Waals surface area contributed by atoms with Crippen LogP contribution in [0, 0.1) is 0 Å². The molecule has 0 saturated heterocycles. The van der Waals surface area contributed by atoms with Crippen molar-refractivity contribution in [3.8, 4) is 0 Å². The minimum atomic E-state index is -1.28. The number of carbonyl (C=O) groups excluding carboxylic acids is 1. The molecule has 0 amide bonds. The monoisotopic (exact) mass is 189 g/mol. The first kappa shape index (κ1) is 8.37. The summed E-state index contributed by atoms with van der Waals surface area (Å²) < 4.78 is 0. The predicted molar refractivity (Wildman–Crippen MR) is 40.8 cm³/mol. The summed E-state index contributed by atoms with van der Waals surface area (Å²) in [7, 11) is 0. The van der Waals surface area contributed by atoms with E-state index in [9.17, 15) is 9.90 Å². The van der Waals surface area contributed by atoms with Gasteiger partial charge in [-0.3, -0.25) is 0 Å². The average molecular weight is 190 g/mol. The zero-order valence-electron chi connectivity index (χ0n) is 5.30. The molecule has 4 heteroatoms. The standard InChI is InChI=1S/C7H4Cl2O2/c8-5-1-4(7(10)11)2-6(9)3-5/h1-3H,(H,10,11)/p-1. The number of aromatic carboxylic acids is 1. The summed E-state index contributed by atoms with van der Waals surface area (Å²) >= 11 is 11.0. The fourth-order valence-corrected chi connectivity index (χ4v) is 1.20. The lowest BCUT2D eigenvalue weighted by Gasteiger charge is -2.02. The molecule has 1 aromatic carbocycles. The molecule has 1 aromatic rings. The number of hydrogen-bond acceptors (Lipinski definition) is 2. The summed E-state index contributed by atoms with van der Waals surface area (Å²) in [5.41, 5.74) is -0.0116. The van der Waals surface area contributed by atoms with Crippen LogP contribution in [0.5, 0.6) is 0 Å². The van der Waals surface area contributed by atoms with E-state index in [1.165, 1.54) is 18.2 Å². The van der Waals surface area contributed by atoms with Crippen LogP contribution in [0.3, 0.4) is 0 Å². The Balaban J connectivity index is 3.19. The van der Waals surface area contributed by atoms with Gasteiger partial charge in [0.2, 0.25) is 0 Å². The van der Waals surface area contributed by atoms with Gasteiger partial charge in [-0.2, -0.15) is 0 Å². The number of carboxylic acid groups (broad SMARTS) is 1. The van der Waals surface area contributed by atoms with Crippen molar-refractivity contribution in [3.63, 3.8) is 0 Å². The minimum Gasteiger partial charge on any atom is -0.545 e. The van der Waals surface area contributed by atoms with Gasteiger partial charge in [0.25, 0.3) is 0 Å². The van der Waals surface area contributed by atoms with E-state index in [0.717, 1.165) is 0 Å². The summed E-state index contributed by atoms with van der Waals surface area (Å²) in [6.45, 7) is 0. The number of halogens is 2. The summed E-state index contributed by atoms with van der Waals surface area (Å²) in [5.74, 6) is -1.28. The first-order chi connectivity index (χ1) is 5.09. The molecule has 0 aliphatic heterocycles. The third-order valence-electron chi connectivity index (χ3n) is 1.10. The summed E-state index contributed by atoms with van der Waals surface area (Å²) in [6.07, 6.45) is 0. The van der Waals surface area contributed by atoms with Crippen molar-refractivity contribution in [3.05, 3.63) is 33.8 Å². The molecule has 0 radical (unpaired) electrons. The second kappa shape index (κ2) is 3.11. The Hall–Kier alpha value is -0.730. The van der Waals surface area contributed by atoms with Gasteiger partial charge in [0.05, 0.1) is 5.97 Å². The van der Waals surface area contributed by atoms with Crippen molar-refractivity contribution in [2.45, 2.75) is 0 Å². The van der Waals surface area contributed by atoms with Gasteiger partial charge in [0.15, 0.2) is 0 Å². The quantitative estimate of drug-likeness (QED) is 0.670. The van der Waals surface area contributed by atoms with E-state index in [-0.39, 0.29) is 15.6 Å². The maximum absolute atomic E-state index is 10.3. The van der Waals surface area contributed by atoms with Crippen LogP contribution in [0.4, 0.5) is 0 Å². The molecule has 0 bridgehead atoms. The maximum atomic E-state index is 10.3. The fraction of sp³-hybridized carbons (Fsp3) is 0. The number of hydrogen-bond donors (Lipinski definition) is 0. The lowest BCUT2D eigenvalue weighted by Crippen LogP contribution is -2.22. The van der Waals surface area contributed by atoms with Gasteiger partial charge in [-0.15, -0.1) is 0 Å². The molecule has 2 nitrogen and oxygen atoms in total. The van der Waals surface area contributed by atoms with Gasteiger partial charge >= 0.3 is 0 Å². The van der Waals surface area contributed by atoms with E-state index >= 15 is 0 Å². The Morgan fingerprint density at radius 2 is 1.64 bits per heavy atom. The second-order valence-corrected chi connectivity index (χ2v) is 2.82. The summed E-state index contributed by atoms with van der Waals surface area (Å²) in [4.78, 5) is 10.3. The normalized spacial score (nSPS) is 9.64. The number of benzene rings is 1. The lowest BCUT2D eigenvalue weighted by atomic mass is 10.2. The Labute approximate surface area is 73.4 Å². The molecular weight excluding hydrogens is 187 g/mol. The van der Waals surface area contributed by atoms with Crippen LogP contribution in [0.1, 0.15) is 10.4 Å². The predicted octanol–water partition coefficient (Wildman–Crippen LogP) is 1.36. The molecule has 11 heavy (non-hydrogen) atoms. The van der Waals surface area contributed by atoms with Crippen molar-refractivity contribution < 1.29 is 9.90 Å². The summed E-state index contributed by atoms with van der Waals surface area (Å²) in [6, 6.07) is 4.01. The van der Waals surface area contributed by atoms with Gasteiger partial charge in [0, 0.05) is 15.6 Å². The average Bonchev–Trinajstić information content (AvgIpc) is 1.85. The highest BCUT2D eigenvalue weighted by molar-refractivity contribution is 6.35. The molecule has 0 fully saturated rings. The van der Waals surface area contributed by atoms with E-state index < -0.39 is 5.97 Å². The third-order valence-corrected chi connectivity index (χ3v) is 1.53. The first-order valence-electron chi connectivity index (χ1n) is 2.77. The Bertz CT molecular complexity index is 276. The van der Waals surface area contributed by atoms with E-state index in [1.54, 1.807) is 0 Å². The molecule has 0 saturated carbocycles. The van der Waals surface area contributed by atoms with E-state index in [1.807, 2.05) is 0 Å². The molecule has 0 spiro atoms. The highest BCUT2D eigenvalue weighted by Gasteiger charge is 1.97. The molecule has 58 valence electrons. The van der Waals surface area contributed by atoms with Crippen LogP contribution in [0.25, 0.3) is 0 Å². The van der Waals surface area contributed by atoms with E-state index in [4.69, 9.17) is 23.2 Å². The van der Waals surface area contributed by atoms with Crippen LogP contribution < -0.4 is 5.11 Å². The van der Waals surface area contributed by atoms with Gasteiger partial charge in [-0.25, -0.2) is 0 Å². The smallest absolute Gasteiger partial charge is 0.0716 e. The molecule has 0 aromatic heterocycles. The van der Waals surface area contributed by atoms with Crippen molar-refractivity contribution in [1.29, 1.82) is 0 Å². The van der Waals surface area contributed by atoms with Crippen LogP contribution in [-0.4, -0.2) is 5.97 Å². The van der Waals surface area contributed by atoms with Gasteiger partial charge in [0.1, 0.15) is 0 Å². The molecular formula is C7H3Cl2O2-. The van der Waals surface area contributed by atoms with Crippen molar-refractivity contribution in [2.24, 2.45) is 0 Å². The van der Waals surface area contributed by atoms with Crippen LogP contribution in [0.15, 0.2) is 18.2 Å². The highest BCUT2D eigenvalue weighted by atomic mass is 35.5. The Morgan fingerprint density at radius 1 is 1.18 bits per heavy atom.